The fraction of sp³-hybridized carbons (Fsp3) is 0.133. The maximum Gasteiger partial charge on any atom is 0.253 e. The van der Waals surface area contributed by atoms with Crippen molar-refractivity contribution in [3.8, 4) is 0 Å². The normalized spacial score (nSPS) is 10.2. The van der Waals surface area contributed by atoms with Gasteiger partial charge in [0.15, 0.2) is 0 Å². The van der Waals surface area contributed by atoms with E-state index in [2.05, 4.69) is 10.6 Å². The molecular formula is C15H15Cl2N3O. The molecule has 0 fully saturated rings. The molecule has 2 aromatic rings. The second kappa shape index (κ2) is 6.70. The van der Waals surface area contributed by atoms with Gasteiger partial charge in [-0.3, -0.25) is 4.79 Å². The number of nitrogens with two attached hydrogens (primary N) is 1. The van der Waals surface area contributed by atoms with Gasteiger partial charge in [-0.25, -0.2) is 0 Å². The van der Waals surface area contributed by atoms with Crippen LogP contribution in [0.15, 0.2) is 36.4 Å². The maximum atomic E-state index is 12.1. The first kappa shape index (κ1) is 15.5. The average Bonchev–Trinajstić information content (AvgIpc) is 2.42. The molecule has 0 radical (unpaired) electrons. The van der Waals surface area contributed by atoms with Gasteiger partial charge in [-0.05, 0) is 43.3 Å². The third kappa shape index (κ3) is 3.80. The van der Waals surface area contributed by atoms with Crippen molar-refractivity contribution in [3.05, 3.63) is 52.0 Å². The van der Waals surface area contributed by atoms with Crippen LogP contribution in [0.5, 0.6) is 0 Å². The van der Waals surface area contributed by atoms with Crippen LogP contribution >= 0.6 is 23.2 Å². The van der Waals surface area contributed by atoms with Gasteiger partial charge in [-0.15, -0.1) is 0 Å². The van der Waals surface area contributed by atoms with E-state index >= 15 is 0 Å². The van der Waals surface area contributed by atoms with Crippen molar-refractivity contribution in [3.63, 3.8) is 0 Å². The van der Waals surface area contributed by atoms with Crippen molar-refractivity contribution in [2.24, 2.45) is 0 Å². The fourth-order valence-corrected chi connectivity index (χ4v) is 2.31. The summed E-state index contributed by atoms with van der Waals surface area (Å²) in [6.45, 7) is 2.41. The van der Waals surface area contributed by atoms with Crippen LogP contribution in [0, 0.1) is 0 Å². The van der Waals surface area contributed by atoms with E-state index in [1.54, 1.807) is 36.4 Å². The zero-order valence-electron chi connectivity index (χ0n) is 11.4. The van der Waals surface area contributed by atoms with Crippen molar-refractivity contribution >= 4 is 46.2 Å². The summed E-state index contributed by atoms with van der Waals surface area (Å²) in [4.78, 5) is 12.1. The highest BCUT2D eigenvalue weighted by molar-refractivity contribution is 6.36. The number of carbonyl (C=O) groups is 1. The third-order valence-corrected chi connectivity index (χ3v) is 3.37. The first-order chi connectivity index (χ1) is 10.0. The number of anilines is 3. The van der Waals surface area contributed by atoms with Crippen LogP contribution in [0.2, 0.25) is 10.0 Å². The highest BCUT2D eigenvalue weighted by Gasteiger charge is 2.12. The van der Waals surface area contributed by atoms with Gasteiger partial charge in [0, 0.05) is 17.3 Å². The molecule has 2 aromatic carbocycles. The lowest BCUT2D eigenvalue weighted by Gasteiger charge is -2.14. The van der Waals surface area contributed by atoms with E-state index in [9.17, 15) is 4.79 Å². The van der Waals surface area contributed by atoms with Gasteiger partial charge in [0.05, 0.1) is 22.0 Å². The van der Waals surface area contributed by atoms with Gasteiger partial charge in [0.1, 0.15) is 0 Å². The highest BCUT2D eigenvalue weighted by atomic mass is 35.5. The number of nitrogens with one attached hydrogen (secondary N) is 2. The smallest absolute Gasteiger partial charge is 0.253 e. The molecule has 0 saturated heterocycles. The number of carbonyl (C=O) groups excluding carboxylic acids is 1. The summed E-state index contributed by atoms with van der Waals surface area (Å²) < 4.78 is 0. The largest absolute Gasteiger partial charge is 0.399 e. The average molecular weight is 324 g/mol. The minimum absolute atomic E-state index is 0.176. The lowest BCUT2D eigenvalue weighted by molar-refractivity contribution is 0.0956. The summed E-state index contributed by atoms with van der Waals surface area (Å²) in [7, 11) is 0. The Morgan fingerprint density at radius 2 is 1.90 bits per heavy atom. The van der Waals surface area contributed by atoms with E-state index in [1.165, 1.54) is 0 Å². The van der Waals surface area contributed by atoms with Crippen LogP contribution in [0.3, 0.4) is 0 Å². The molecule has 0 saturated carbocycles. The van der Waals surface area contributed by atoms with Crippen LogP contribution in [-0.4, -0.2) is 12.5 Å². The molecule has 0 unspecified atom stereocenters. The first-order valence-electron chi connectivity index (χ1n) is 6.41. The van der Waals surface area contributed by atoms with Gasteiger partial charge in [-0.1, -0.05) is 23.2 Å². The molecular weight excluding hydrogens is 309 g/mol. The number of hydrogen-bond acceptors (Lipinski definition) is 3. The van der Waals surface area contributed by atoms with Gasteiger partial charge < -0.3 is 16.4 Å². The summed E-state index contributed by atoms with van der Waals surface area (Å²) >= 11 is 12.0. The fourth-order valence-electron chi connectivity index (χ4n) is 1.86. The predicted molar refractivity (Wildman–Crippen MR) is 88.6 cm³/mol. The molecule has 0 bridgehead atoms. The molecule has 0 aliphatic rings. The summed E-state index contributed by atoms with van der Waals surface area (Å²) in [6, 6.07) is 10.1. The van der Waals surface area contributed by atoms with E-state index in [-0.39, 0.29) is 5.91 Å². The number of halogens is 2. The summed E-state index contributed by atoms with van der Waals surface area (Å²) in [5.74, 6) is -0.176. The molecule has 110 valence electrons. The first-order valence-corrected chi connectivity index (χ1v) is 7.16. The Kier molecular flexibility index (Phi) is 4.94. The molecule has 21 heavy (non-hydrogen) atoms. The van der Waals surface area contributed by atoms with Crippen molar-refractivity contribution in [2.75, 3.05) is 17.6 Å². The molecule has 4 N–H and O–H groups in total. The minimum atomic E-state index is -0.176. The Balaban J connectivity index is 2.38. The van der Waals surface area contributed by atoms with Crippen LogP contribution in [0.25, 0.3) is 0 Å². The topological polar surface area (TPSA) is 67.2 Å². The lowest BCUT2D eigenvalue weighted by Crippen LogP contribution is -2.23. The van der Waals surface area contributed by atoms with Crippen LogP contribution in [0.1, 0.15) is 17.3 Å². The maximum absolute atomic E-state index is 12.1. The zero-order chi connectivity index (χ0) is 15.4. The van der Waals surface area contributed by atoms with Crippen molar-refractivity contribution in [1.29, 1.82) is 0 Å². The standard InChI is InChI=1S/C15H15Cl2N3O/c1-2-19-15(21)11-5-4-10(18)8-14(11)20-13-6-3-9(16)7-12(13)17/h3-8,20H,2,18H2,1H3,(H,19,21). The molecule has 0 heterocycles. The summed E-state index contributed by atoms with van der Waals surface area (Å²) in [5, 5.41) is 6.88. The Bertz CT molecular complexity index is 674. The Labute approximate surface area is 133 Å². The quantitative estimate of drug-likeness (QED) is 0.743. The zero-order valence-corrected chi connectivity index (χ0v) is 12.9. The number of rotatable bonds is 4. The van der Waals surface area contributed by atoms with E-state index in [0.29, 0.717) is 39.2 Å². The van der Waals surface area contributed by atoms with Gasteiger partial charge in [0.25, 0.3) is 5.91 Å². The number of nitrogen functional groups attached to an aromatic ring is 1. The summed E-state index contributed by atoms with van der Waals surface area (Å²) in [5.41, 5.74) is 8.08. The Morgan fingerprint density at radius 3 is 2.57 bits per heavy atom. The predicted octanol–water partition coefficient (Wildman–Crippen LogP) is 4.07. The summed E-state index contributed by atoms with van der Waals surface area (Å²) in [6.07, 6.45) is 0. The van der Waals surface area contributed by atoms with Gasteiger partial charge in [0.2, 0.25) is 0 Å². The molecule has 0 aliphatic heterocycles. The molecule has 2 rings (SSSR count). The molecule has 1 amide bonds. The second-order valence-electron chi connectivity index (χ2n) is 4.41. The van der Waals surface area contributed by atoms with Crippen molar-refractivity contribution in [2.45, 2.75) is 6.92 Å². The van der Waals surface area contributed by atoms with E-state index in [0.717, 1.165) is 0 Å². The van der Waals surface area contributed by atoms with Gasteiger partial charge in [-0.2, -0.15) is 0 Å². The number of hydrogen-bond donors (Lipinski definition) is 3. The van der Waals surface area contributed by atoms with Crippen LogP contribution < -0.4 is 16.4 Å². The molecule has 0 aliphatic carbocycles. The molecule has 0 aromatic heterocycles. The van der Waals surface area contributed by atoms with Crippen molar-refractivity contribution < 1.29 is 4.79 Å². The Hall–Kier alpha value is -1.91. The Morgan fingerprint density at radius 1 is 1.14 bits per heavy atom. The van der Waals surface area contributed by atoms with Crippen LogP contribution in [0.4, 0.5) is 17.1 Å². The SMILES string of the molecule is CCNC(=O)c1ccc(N)cc1Nc1ccc(Cl)cc1Cl. The third-order valence-electron chi connectivity index (χ3n) is 2.83. The second-order valence-corrected chi connectivity index (χ2v) is 5.26. The van der Waals surface area contributed by atoms with E-state index in [4.69, 9.17) is 28.9 Å². The molecule has 6 heteroatoms. The van der Waals surface area contributed by atoms with Crippen LogP contribution in [-0.2, 0) is 0 Å². The van der Waals surface area contributed by atoms with Gasteiger partial charge >= 0.3 is 0 Å². The monoisotopic (exact) mass is 323 g/mol. The lowest BCUT2D eigenvalue weighted by atomic mass is 10.1. The molecule has 4 nitrogen and oxygen atoms in total. The van der Waals surface area contributed by atoms with E-state index in [1.807, 2.05) is 6.92 Å². The molecule has 0 spiro atoms. The van der Waals surface area contributed by atoms with Crippen molar-refractivity contribution in [1.82, 2.24) is 5.32 Å². The number of amides is 1. The van der Waals surface area contributed by atoms with E-state index < -0.39 is 0 Å². The highest BCUT2D eigenvalue weighted by Crippen LogP contribution is 2.30. The minimum Gasteiger partial charge on any atom is -0.399 e. The molecule has 0 atom stereocenters. The number of benzene rings is 2.